The molecule has 34 heavy (non-hydrogen) atoms. The van der Waals surface area contributed by atoms with Crippen LogP contribution in [0.15, 0.2) is 53.6 Å². The van der Waals surface area contributed by atoms with E-state index in [1.807, 2.05) is 24.5 Å². The number of nitrogens with one attached hydrogen (secondary N) is 1. The molecule has 3 aromatic rings. The fraction of sp³-hybridized carbons (Fsp3) is 0.217. The third-order valence-electron chi connectivity index (χ3n) is 5.06. The average molecular weight is 523 g/mol. The van der Waals surface area contributed by atoms with Gasteiger partial charge < -0.3 is 9.30 Å². The van der Waals surface area contributed by atoms with Crippen LogP contribution in [0.1, 0.15) is 17.0 Å². The molecule has 0 atom stereocenters. The lowest BCUT2D eigenvalue weighted by Gasteiger charge is -2.21. The van der Waals surface area contributed by atoms with Crippen LogP contribution in [0.3, 0.4) is 0 Å². The molecular formula is C23H24Cl2N4O4S. The van der Waals surface area contributed by atoms with E-state index in [4.69, 9.17) is 27.9 Å². The Morgan fingerprint density at radius 3 is 2.44 bits per heavy atom. The highest BCUT2D eigenvalue weighted by Crippen LogP contribution is 2.28. The summed E-state index contributed by atoms with van der Waals surface area (Å²) in [5.41, 5.74) is 5.95. The minimum atomic E-state index is -3.70. The van der Waals surface area contributed by atoms with E-state index in [-0.39, 0.29) is 0 Å². The summed E-state index contributed by atoms with van der Waals surface area (Å²) in [6.07, 6.45) is 2.52. The zero-order chi connectivity index (χ0) is 25.0. The van der Waals surface area contributed by atoms with E-state index < -0.39 is 22.5 Å². The number of rotatable bonds is 8. The molecule has 1 amide bonds. The molecule has 0 fully saturated rings. The van der Waals surface area contributed by atoms with E-state index in [0.29, 0.717) is 21.5 Å². The Bertz CT molecular complexity index is 1340. The first-order chi connectivity index (χ1) is 16.0. The molecule has 3 rings (SSSR count). The zero-order valence-electron chi connectivity index (χ0n) is 19.0. The number of hydrogen-bond donors (Lipinski definition) is 1. The Hall–Kier alpha value is -3.01. The van der Waals surface area contributed by atoms with Crippen LogP contribution in [-0.4, -0.2) is 45.0 Å². The second-order valence-electron chi connectivity index (χ2n) is 7.52. The maximum Gasteiger partial charge on any atom is 0.260 e. The van der Waals surface area contributed by atoms with E-state index in [1.165, 1.54) is 13.3 Å². The molecule has 0 saturated heterocycles. The third kappa shape index (κ3) is 5.91. The number of ether oxygens (including phenoxy) is 1. The Morgan fingerprint density at radius 2 is 1.82 bits per heavy atom. The number of sulfonamides is 1. The van der Waals surface area contributed by atoms with Crippen molar-refractivity contribution in [2.45, 2.75) is 13.8 Å². The number of aromatic nitrogens is 1. The van der Waals surface area contributed by atoms with Gasteiger partial charge in [0.05, 0.1) is 36.0 Å². The van der Waals surface area contributed by atoms with Crippen LogP contribution < -0.4 is 14.5 Å². The largest absolute Gasteiger partial charge is 0.497 e. The number of methoxy groups -OCH3 is 1. The molecule has 1 heterocycles. The monoisotopic (exact) mass is 522 g/mol. The molecule has 1 N–H and O–H groups in total. The fourth-order valence-corrected chi connectivity index (χ4v) is 4.66. The van der Waals surface area contributed by atoms with E-state index in [2.05, 4.69) is 10.5 Å². The van der Waals surface area contributed by atoms with E-state index in [9.17, 15) is 13.2 Å². The normalized spacial score (nSPS) is 11.6. The molecule has 0 bridgehead atoms. The van der Waals surface area contributed by atoms with Crippen molar-refractivity contribution in [2.24, 2.45) is 5.10 Å². The van der Waals surface area contributed by atoms with Crippen molar-refractivity contribution in [1.29, 1.82) is 0 Å². The number of hydrazone groups is 1. The maximum atomic E-state index is 12.5. The quantitative estimate of drug-likeness (QED) is 0.352. The number of hydrogen-bond acceptors (Lipinski definition) is 5. The smallest absolute Gasteiger partial charge is 0.260 e. The van der Waals surface area contributed by atoms with Crippen molar-refractivity contribution in [2.75, 3.05) is 24.2 Å². The standard InChI is InChI=1S/C23H24Cl2N4O4S/c1-15-11-17(16(2)29(15)22-12-18(24)5-10-21(22)25)13-26-27-23(30)14-28(34(4,31)32)19-6-8-20(33-3)9-7-19/h5-13H,14H2,1-4H3,(H,27,30)/b26-13-. The Kier molecular flexibility index (Phi) is 7.91. The predicted molar refractivity (Wildman–Crippen MR) is 136 cm³/mol. The van der Waals surface area contributed by atoms with Crippen molar-refractivity contribution >= 4 is 51.0 Å². The molecule has 180 valence electrons. The van der Waals surface area contributed by atoms with Crippen molar-refractivity contribution in [3.8, 4) is 11.4 Å². The number of nitrogens with zero attached hydrogens (tertiary/aromatic N) is 3. The van der Waals surface area contributed by atoms with Gasteiger partial charge in [-0.1, -0.05) is 23.2 Å². The molecule has 0 radical (unpaired) electrons. The first-order valence-corrected chi connectivity index (χ1v) is 12.7. The van der Waals surface area contributed by atoms with Gasteiger partial charge in [0.15, 0.2) is 0 Å². The van der Waals surface area contributed by atoms with Crippen molar-refractivity contribution < 1.29 is 17.9 Å². The minimum absolute atomic E-state index is 0.337. The molecule has 0 saturated carbocycles. The molecule has 2 aromatic carbocycles. The summed E-state index contributed by atoms with van der Waals surface area (Å²) in [7, 11) is -2.19. The van der Waals surface area contributed by atoms with Crippen molar-refractivity contribution in [1.82, 2.24) is 9.99 Å². The number of benzene rings is 2. The second kappa shape index (κ2) is 10.5. The van der Waals surface area contributed by atoms with Crippen molar-refractivity contribution in [3.05, 3.63) is 75.5 Å². The Labute approximate surface area is 208 Å². The lowest BCUT2D eigenvalue weighted by molar-refractivity contribution is -0.119. The summed E-state index contributed by atoms with van der Waals surface area (Å²) in [6, 6.07) is 13.5. The second-order valence-corrected chi connectivity index (χ2v) is 10.3. The van der Waals surface area contributed by atoms with E-state index in [0.717, 1.165) is 33.2 Å². The minimum Gasteiger partial charge on any atom is -0.497 e. The third-order valence-corrected chi connectivity index (χ3v) is 6.76. The summed E-state index contributed by atoms with van der Waals surface area (Å²) in [6.45, 7) is 3.38. The SMILES string of the molecule is COc1ccc(N(CC(=O)N/N=C\c2cc(C)n(-c3cc(Cl)ccc3Cl)c2C)S(C)(=O)=O)cc1. The Balaban J connectivity index is 1.76. The van der Waals surface area contributed by atoms with E-state index in [1.54, 1.807) is 42.5 Å². The average Bonchev–Trinajstić information content (AvgIpc) is 3.06. The van der Waals surface area contributed by atoms with Gasteiger partial charge in [0.2, 0.25) is 10.0 Å². The van der Waals surface area contributed by atoms with Gasteiger partial charge in [-0.15, -0.1) is 0 Å². The number of halogens is 2. The molecule has 0 spiro atoms. The molecule has 1 aromatic heterocycles. The number of aryl methyl sites for hydroxylation is 1. The van der Waals surface area contributed by atoms with Gasteiger partial charge in [0.1, 0.15) is 12.3 Å². The van der Waals surface area contributed by atoms with Crippen LogP contribution in [0.25, 0.3) is 5.69 Å². The molecule has 11 heteroatoms. The molecular weight excluding hydrogens is 499 g/mol. The van der Waals surface area contributed by atoms with Gasteiger partial charge in [-0.05, 0) is 62.4 Å². The summed E-state index contributed by atoms with van der Waals surface area (Å²) >= 11 is 12.5. The first kappa shape index (κ1) is 25.6. The van der Waals surface area contributed by atoms with E-state index >= 15 is 0 Å². The zero-order valence-corrected chi connectivity index (χ0v) is 21.4. The van der Waals surface area contributed by atoms with Gasteiger partial charge in [-0.2, -0.15) is 5.10 Å². The number of anilines is 1. The van der Waals surface area contributed by atoms with Crippen LogP contribution in [0.4, 0.5) is 5.69 Å². The van der Waals surface area contributed by atoms with Gasteiger partial charge in [0, 0.05) is 22.0 Å². The van der Waals surface area contributed by atoms with Gasteiger partial charge in [-0.25, -0.2) is 13.8 Å². The van der Waals surface area contributed by atoms with Crippen LogP contribution in [-0.2, 0) is 14.8 Å². The van der Waals surface area contributed by atoms with Crippen LogP contribution >= 0.6 is 23.2 Å². The predicted octanol–water partition coefficient (Wildman–Crippen LogP) is 4.33. The van der Waals surface area contributed by atoms with Crippen molar-refractivity contribution in [3.63, 3.8) is 0 Å². The molecule has 0 aliphatic carbocycles. The Morgan fingerprint density at radius 1 is 1.15 bits per heavy atom. The molecule has 0 aliphatic heterocycles. The van der Waals surface area contributed by atoms with Gasteiger partial charge in [0.25, 0.3) is 5.91 Å². The van der Waals surface area contributed by atoms with Crippen LogP contribution in [0.2, 0.25) is 10.0 Å². The topological polar surface area (TPSA) is 93.0 Å². The summed E-state index contributed by atoms with van der Waals surface area (Å²) in [5, 5.41) is 5.11. The first-order valence-electron chi connectivity index (χ1n) is 10.1. The molecule has 0 aliphatic rings. The van der Waals surface area contributed by atoms with Crippen LogP contribution in [0, 0.1) is 13.8 Å². The highest BCUT2D eigenvalue weighted by Gasteiger charge is 2.21. The maximum absolute atomic E-state index is 12.5. The summed E-state index contributed by atoms with van der Waals surface area (Å²) in [5.74, 6) is -0.0212. The fourth-order valence-electron chi connectivity index (χ4n) is 3.43. The molecule has 0 unspecified atom stereocenters. The number of carbonyl (C=O) groups is 1. The highest BCUT2D eigenvalue weighted by atomic mass is 35.5. The van der Waals surface area contributed by atoms with Crippen LogP contribution in [0.5, 0.6) is 5.75 Å². The highest BCUT2D eigenvalue weighted by molar-refractivity contribution is 7.92. The summed E-state index contributed by atoms with van der Waals surface area (Å²) in [4.78, 5) is 12.5. The number of carbonyl (C=O) groups excluding carboxylic acids is 1. The lowest BCUT2D eigenvalue weighted by Crippen LogP contribution is -2.39. The molecule has 8 nitrogen and oxygen atoms in total. The number of amides is 1. The van der Waals surface area contributed by atoms with Gasteiger partial charge in [-0.3, -0.25) is 9.10 Å². The lowest BCUT2D eigenvalue weighted by atomic mass is 10.2. The summed E-state index contributed by atoms with van der Waals surface area (Å²) < 4.78 is 32.5. The van der Waals surface area contributed by atoms with Gasteiger partial charge >= 0.3 is 0 Å².